The molecule has 0 bridgehead atoms. The highest BCUT2D eigenvalue weighted by atomic mass is 16.1. The van der Waals surface area contributed by atoms with Gasteiger partial charge < -0.3 is 0 Å². The molecule has 70 valence electrons. The van der Waals surface area contributed by atoms with Crippen molar-refractivity contribution in [2.24, 2.45) is 17.3 Å². The van der Waals surface area contributed by atoms with Crippen LogP contribution >= 0.6 is 0 Å². The van der Waals surface area contributed by atoms with Crippen LogP contribution < -0.4 is 0 Å². The van der Waals surface area contributed by atoms with Crippen LogP contribution in [-0.2, 0) is 4.79 Å². The minimum absolute atomic E-state index is 0.120. The number of carbonyl (C=O) groups is 1. The molecule has 3 aliphatic rings. The Balaban J connectivity index is 2.03. The van der Waals surface area contributed by atoms with Gasteiger partial charge in [-0.2, -0.15) is 0 Å². The van der Waals surface area contributed by atoms with Crippen molar-refractivity contribution in [3.05, 3.63) is 12.2 Å². The average Bonchev–Trinajstić information content (AvgIpc) is 2.38. The maximum Gasteiger partial charge on any atom is 0.140 e. The van der Waals surface area contributed by atoms with Gasteiger partial charge in [0.2, 0.25) is 0 Å². The Morgan fingerprint density at radius 1 is 1.31 bits per heavy atom. The lowest BCUT2D eigenvalue weighted by Gasteiger charge is -2.49. The molecule has 1 heteroatoms. The predicted octanol–water partition coefficient (Wildman–Crippen LogP) is 2.71. The molecule has 13 heavy (non-hydrogen) atoms. The van der Waals surface area contributed by atoms with Crippen LogP contribution in [0.4, 0.5) is 0 Å². The summed E-state index contributed by atoms with van der Waals surface area (Å²) in [5, 5.41) is 0. The van der Waals surface area contributed by atoms with Crippen molar-refractivity contribution in [1.82, 2.24) is 0 Å². The highest BCUT2D eigenvalue weighted by Crippen LogP contribution is 2.65. The number of carbonyl (C=O) groups excluding carboxylic acids is 1. The summed E-state index contributed by atoms with van der Waals surface area (Å²) in [6.07, 6.45) is 6.99. The van der Waals surface area contributed by atoms with Gasteiger partial charge in [-0.1, -0.05) is 25.0 Å². The van der Waals surface area contributed by atoms with Crippen LogP contribution in [0.5, 0.6) is 0 Å². The Morgan fingerprint density at radius 2 is 2.15 bits per heavy atom. The van der Waals surface area contributed by atoms with E-state index in [1.807, 2.05) is 0 Å². The Bertz CT molecular complexity index is 289. The third-order valence-corrected chi connectivity index (χ3v) is 4.64. The van der Waals surface area contributed by atoms with E-state index in [-0.39, 0.29) is 5.41 Å². The Morgan fingerprint density at radius 3 is 2.85 bits per heavy atom. The minimum Gasteiger partial charge on any atom is -0.299 e. The molecule has 3 rings (SSSR count). The second-order valence-electron chi connectivity index (χ2n) is 5.03. The smallest absolute Gasteiger partial charge is 0.140 e. The summed E-state index contributed by atoms with van der Waals surface area (Å²) in [4.78, 5) is 11.8. The molecule has 3 atom stereocenters. The summed E-state index contributed by atoms with van der Waals surface area (Å²) >= 11 is 0. The van der Waals surface area contributed by atoms with E-state index in [4.69, 9.17) is 0 Å². The van der Waals surface area contributed by atoms with Crippen molar-refractivity contribution in [1.29, 1.82) is 0 Å². The Kier molecular flexibility index (Phi) is 1.35. The van der Waals surface area contributed by atoms with Crippen molar-refractivity contribution in [2.45, 2.75) is 38.5 Å². The van der Waals surface area contributed by atoms with E-state index >= 15 is 0 Å². The van der Waals surface area contributed by atoms with Gasteiger partial charge in [-0.25, -0.2) is 0 Å². The number of allylic oxidation sites excluding steroid dienone is 1. The lowest BCUT2D eigenvalue weighted by Crippen LogP contribution is -2.51. The molecule has 0 heterocycles. The first-order valence-electron chi connectivity index (χ1n) is 5.46. The average molecular weight is 176 g/mol. The zero-order valence-corrected chi connectivity index (χ0v) is 8.01. The summed E-state index contributed by atoms with van der Waals surface area (Å²) < 4.78 is 0. The first kappa shape index (κ1) is 7.78. The van der Waals surface area contributed by atoms with E-state index in [1.54, 1.807) is 0 Å². The van der Waals surface area contributed by atoms with Crippen molar-refractivity contribution < 1.29 is 4.79 Å². The summed E-state index contributed by atoms with van der Waals surface area (Å²) in [5.41, 5.74) is 1.51. The molecule has 1 nitrogen and oxygen atoms in total. The van der Waals surface area contributed by atoms with E-state index < -0.39 is 0 Å². The lowest BCUT2D eigenvalue weighted by molar-refractivity contribution is -0.150. The van der Waals surface area contributed by atoms with E-state index in [0.29, 0.717) is 17.6 Å². The summed E-state index contributed by atoms with van der Waals surface area (Å²) in [5.74, 6) is 1.83. The van der Waals surface area contributed by atoms with E-state index in [0.717, 1.165) is 12.8 Å². The monoisotopic (exact) mass is 176 g/mol. The first-order valence-corrected chi connectivity index (χ1v) is 5.46. The first-order chi connectivity index (χ1) is 6.25. The molecule has 3 saturated carbocycles. The van der Waals surface area contributed by atoms with E-state index in [9.17, 15) is 4.79 Å². The SMILES string of the molecule is C=C1CC2CC(=O)C23CCCCC13. The number of ketones is 1. The number of hydrogen-bond acceptors (Lipinski definition) is 1. The van der Waals surface area contributed by atoms with Crippen molar-refractivity contribution in [3.63, 3.8) is 0 Å². The largest absolute Gasteiger partial charge is 0.299 e. The molecule has 3 aliphatic carbocycles. The van der Waals surface area contributed by atoms with Gasteiger partial charge in [-0.3, -0.25) is 4.79 Å². The quantitative estimate of drug-likeness (QED) is 0.519. The van der Waals surface area contributed by atoms with Crippen LogP contribution in [0.3, 0.4) is 0 Å². The normalized spacial score (nSPS) is 48.3. The topological polar surface area (TPSA) is 17.1 Å². The van der Waals surface area contributed by atoms with Gasteiger partial charge in [0.05, 0.1) is 0 Å². The van der Waals surface area contributed by atoms with Crippen LogP contribution in [-0.4, -0.2) is 5.78 Å². The zero-order valence-electron chi connectivity index (χ0n) is 8.01. The minimum atomic E-state index is 0.120. The third kappa shape index (κ3) is 0.722. The van der Waals surface area contributed by atoms with Gasteiger partial charge in [-0.15, -0.1) is 0 Å². The van der Waals surface area contributed by atoms with Crippen LogP contribution in [0.15, 0.2) is 12.2 Å². The second kappa shape index (κ2) is 2.26. The van der Waals surface area contributed by atoms with E-state index in [1.165, 1.54) is 31.3 Å². The lowest BCUT2D eigenvalue weighted by atomic mass is 9.52. The molecular formula is C12H16O. The third-order valence-electron chi connectivity index (χ3n) is 4.64. The maximum absolute atomic E-state index is 11.8. The van der Waals surface area contributed by atoms with Crippen LogP contribution in [0, 0.1) is 17.3 Å². The zero-order chi connectivity index (χ0) is 9.05. The number of Topliss-reactive ketones (excluding diaryl/α,β-unsaturated/α-hetero) is 1. The maximum atomic E-state index is 11.8. The number of rotatable bonds is 0. The fourth-order valence-corrected chi connectivity index (χ4v) is 3.99. The molecule has 0 aromatic rings. The van der Waals surface area contributed by atoms with Gasteiger partial charge in [0, 0.05) is 11.8 Å². The molecule has 0 amide bonds. The van der Waals surface area contributed by atoms with Gasteiger partial charge in [0.25, 0.3) is 0 Å². The molecule has 0 aromatic carbocycles. The summed E-state index contributed by atoms with van der Waals surface area (Å²) in [6.45, 7) is 4.16. The van der Waals surface area contributed by atoms with Crippen molar-refractivity contribution in [2.75, 3.05) is 0 Å². The fraction of sp³-hybridized carbons (Fsp3) is 0.750. The molecule has 3 fully saturated rings. The van der Waals surface area contributed by atoms with Crippen LogP contribution in [0.1, 0.15) is 38.5 Å². The predicted molar refractivity (Wildman–Crippen MR) is 51.3 cm³/mol. The Labute approximate surface area is 79.2 Å². The highest BCUT2D eigenvalue weighted by molar-refractivity contribution is 5.93. The highest BCUT2D eigenvalue weighted by Gasteiger charge is 2.63. The van der Waals surface area contributed by atoms with Gasteiger partial charge >= 0.3 is 0 Å². The van der Waals surface area contributed by atoms with Crippen molar-refractivity contribution in [3.8, 4) is 0 Å². The molecule has 0 radical (unpaired) electrons. The van der Waals surface area contributed by atoms with Gasteiger partial charge in [0.1, 0.15) is 5.78 Å². The van der Waals surface area contributed by atoms with Gasteiger partial charge in [0.15, 0.2) is 0 Å². The molecule has 0 saturated heterocycles. The Hall–Kier alpha value is -0.590. The van der Waals surface area contributed by atoms with Crippen LogP contribution in [0.2, 0.25) is 0 Å². The molecule has 0 aromatic heterocycles. The van der Waals surface area contributed by atoms with Gasteiger partial charge in [-0.05, 0) is 31.1 Å². The standard InChI is InChI=1S/C12H16O/c1-8-6-9-7-11(13)12(9)5-3-2-4-10(8)12/h9-10H,1-7H2. The molecule has 0 aliphatic heterocycles. The molecular weight excluding hydrogens is 160 g/mol. The molecule has 3 unspecified atom stereocenters. The summed E-state index contributed by atoms with van der Waals surface area (Å²) in [7, 11) is 0. The van der Waals surface area contributed by atoms with Crippen molar-refractivity contribution >= 4 is 5.78 Å². The second-order valence-corrected chi connectivity index (χ2v) is 5.03. The van der Waals surface area contributed by atoms with E-state index in [2.05, 4.69) is 6.58 Å². The molecule has 1 spiro atoms. The van der Waals surface area contributed by atoms with Crippen LogP contribution in [0.25, 0.3) is 0 Å². The molecule has 0 N–H and O–H groups in total. The summed E-state index contributed by atoms with van der Waals surface area (Å²) in [6, 6.07) is 0. The number of hydrogen-bond donors (Lipinski definition) is 0. The fourth-order valence-electron chi connectivity index (χ4n) is 3.99.